The Kier molecular flexibility index (Phi) is 6.99. The van der Waals surface area contributed by atoms with Crippen LogP contribution in [0, 0.1) is 5.82 Å². The van der Waals surface area contributed by atoms with Gasteiger partial charge in [-0.15, -0.1) is 0 Å². The number of aliphatic carboxylic acids is 1. The second kappa shape index (κ2) is 9.55. The minimum Gasteiger partial charge on any atom is -0.475 e. The van der Waals surface area contributed by atoms with Gasteiger partial charge in [-0.25, -0.2) is 9.18 Å². The second-order valence-electron chi connectivity index (χ2n) is 7.92. The molecule has 1 spiro atoms. The maximum absolute atomic E-state index is 13.4. The van der Waals surface area contributed by atoms with Gasteiger partial charge in [0.1, 0.15) is 5.82 Å². The number of hydrogen-bond acceptors (Lipinski definition) is 4. The predicted octanol–water partition coefficient (Wildman–Crippen LogP) is 3.13. The van der Waals surface area contributed by atoms with Crippen molar-refractivity contribution in [3.8, 4) is 0 Å². The summed E-state index contributed by atoms with van der Waals surface area (Å²) < 4.78 is 45.1. The molecule has 2 fully saturated rings. The van der Waals surface area contributed by atoms with Crippen molar-refractivity contribution in [2.45, 2.75) is 36.9 Å². The predicted molar refractivity (Wildman–Crippen MR) is 108 cm³/mol. The highest BCUT2D eigenvalue weighted by Crippen LogP contribution is 2.39. The molecule has 2 aliphatic heterocycles. The van der Waals surface area contributed by atoms with E-state index in [1.54, 1.807) is 29.4 Å². The molecule has 0 radical (unpaired) electrons. The zero-order chi connectivity index (χ0) is 24.2. The van der Waals surface area contributed by atoms with Gasteiger partial charge >= 0.3 is 12.1 Å². The first-order valence-corrected chi connectivity index (χ1v) is 10.1. The number of pyridine rings is 1. The highest BCUT2D eigenvalue weighted by molar-refractivity contribution is 5.94. The Labute approximate surface area is 186 Å². The first-order chi connectivity index (χ1) is 15.5. The Hall–Kier alpha value is -3.50. The third-order valence-corrected chi connectivity index (χ3v) is 5.71. The molecule has 2 aromatic rings. The van der Waals surface area contributed by atoms with Crippen LogP contribution < -0.4 is 5.32 Å². The Balaban J connectivity index is 0.000000383. The molecule has 176 valence electrons. The van der Waals surface area contributed by atoms with E-state index in [0.29, 0.717) is 31.5 Å². The van der Waals surface area contributed by atoms with Gasteiger partial charge in [-0.1, -0.05) is 12.1 Å². The third kappa shape index (κ3) is 5.85. The van der Waals surface area contributed by atoms with Gasteiger partial charge in [-0.05, 0) is 49.1 Å². The van der Waals surface area contributed by atoms with E-state index >= 15 is 0 Å². The second-order valence-corrected chi connectivity index (χ2v) is 7.92. The van der Waals surface area contributed by atoms with E-state index < -0.39 is 18.0 Å². The van der Waals surface area contributed by atoms with E-state index in [9.17, 15) is 27.2 Å². The fourth-order valence-corrected chi connectivity index (χ4v) is 4.01. The molecule has 1 unspecified atom stereocenters. The van der Waals surface area contributed by atoms with Gasteiger partial charge in [0.05, 0.1) is 5.92 Å². The quantitative estimate of drug-likeness (QED) is 0.662. The molecular formula is C22H21F4N3O4. The van der Waals surface area contributed by atoms with Gasteiger partial charge in [0.2, 0.25) is 5.91 Å². The van der Waals surface area contributed by atoms with Crippen LogP contribution in [0.5, 0.6) is 0 Å². The van der Waals surface area contributed by atoms with Gasteiger partial charge in [-0.3, -0.25) is 14.6 Å². The number of carbonyl (C=O) groups excluding carboxylic acids is 2. The highest BCUT2D eigenvalue weighted by atomic mass is 19.4. The van der Waals surface area contributed by atoms with Crippen LogP contribution in [0.15, 0.2) is 48.8 Å². The molecule has 2 N–H and O–H groups in total. The summed E-state index contributed by atoms with van der Waals surface area (Å²) in [4.78, 5) is 39.8. The fraction of sp³-hybridized carbons (Fsp3) is 0.364. The number of piperidine rings is 1. The van der Waals surface area contributed by atoms with Gasteiger partial charge in [-0.2, -0.15) is 13.2 Å². The Morgan fingerprint density at radius 2 is 1.82 bits per heavy atom. The van der Waals surface area contributed by atoms with Crippen molar-refractivity contribution >= 4 is 17.8 Å². The van der Waals surface area contributed by atoms with E-state index in [4.69, 9.17) is 9.90 Å². The molecule has 2 saturated heterocycles. The lowest BCUT2D eigenvalue weighted by Crippen LogP contribution is -2.52. The largest absolute Gasteiger partial charge is 0.490 e. The lowest BCUT2D eigenvalue weighted by molar-refractivity contribution is -0.192. The molecule has 1 aromatic carbocycles. The summed E-state index contributed by atoms with van der Waals surface area (Å²) in [6, 6.07) is 9.54. The monoisotopic (exact) mass is 467 g/mol. The first kappa shape index (κ1) is 24.1. The standard InChI is InChI=1S/C20H20FN3O2.C2HF3O2/c21-16-5-1-3-14(11-16)19(26)24-9-6-20(7-10-24)12-17(18(25)23-20)15-4-2-8-22-13-15;3-2(4,5)1(6)7/h1-5,8,11,13,17H,6-7,9-10,12H2,(H,23,25);(H,6,7). The smallest absolute Gasteiger partial charge is 0.475 e. The molecule has 2 amide bonds. The number of hydrogen-bond donors (Lipinski definition) is 2. The van der Waals surface area contributed by atoms with Crippen LogP contribution in [-0.2, 0) is 9.59 Å². The SMILES string of the molecule is O=C(O)C(F)(F)F.O=C1NC2(CCN(C(=O)c3cccc(F)c3)CC2)CC1c1cccnc1. The number of alkyl halides is 3. The van der Waals surface area contributed by atoms with Crippen molar-refractivity contribution < 1.29 is 37.1 Å². The Morgan fingerprint density at radius 3 is 2.36 bits per heavy atom. The van der Waals surface area contributed by atoms with Crippen molar-refractivity contribution in [2.75, 3.05) is 13.1 Å². The molecule has 0 saturated carbocycles. The maximum Gasteiger partial charge on any atom is 0.490 e. The fourth-order valence-electron chi connectivity index (χ4n) is 4.01. The molecule has 0 aliphatic carbocycles. The molecule has 3 heterocycles. The van der Waals surface area contributed by atoms with Crippen molar-refractivity contribution in [3.05, 3.63) is 65.7 Å². The summed E-state index contributed by atoms with van der Waals surface area (Å²) in [6.07, 6.45) is 0.487. The average molecular weight is 467 g/mol. The van der Waals surface area contributed by atoms with E-state index in [0.717, 1.165) is 12.0 Å². The number of likely N-dealkylation sites (tertiary alicyclic amines) is 1. The van der Waals surface area contributed by atoms with Crippen LogP contribution in [-0.4, -0.2) is 57.6 Å². The number of amides is 2. The number of carbonyl (C=O) groups is 3. The highest BCUT2D eigenvalue weighted by Gasteiger charge is 2.46. The minimum atomic E-state index is -5.08. The summed E-state index contributed by atoms with van der Waals surface area (Å²) in [5.41, 5.74) is 1.03. The molecule has 11 heteroatoms. The Morgan fingerprint density at radius 1 is 1.15 bits per heavy atom. The number of carboxylic acid groups (broad SMARTS) is 1. The van der Waals surface area contributed by atoms with Crippen LogP contribution in [0.4, 0.5) is 17.6 Å². The molecule has 0 bridgehead atoms. The number of halogens is 4. The van der Waals surface area contributed by atoms with E-state index in [-0.39, 0.29) is 23.3 Å². The number of rotatable bonds is 2. The van der Waals surface area contributed by atoms with Gasteiger partial charge in [0, 0.05) is 36.6 Å². The van der Waals surface area contributed by atoms with Gasteiger partial charge in [0.15, 0.2) is 0 Å². The lowest BCUT2D eigenvalue weighted by Gasteiger charge is -2.39. The average Bonchev–Trinajstić information content (AvgIpc) is 3.10. The summed E-state index contributed by atoms with van der Waals surface area (Å²) in [5.74, 6) is -3.48. The summed E-state index contributed by atoms with van der Waals surface area (Å²) in [7, 11) is 0. The van der Waals surface area contributed by atoms with Crippen molar-refractivity contribution in [3.63, 3.8) is 0 Å². The van der Waals surface area contributed by atoms with Crippen LogP contribution in [0.3, 0.4) is 0 Å². The zero-order valence-corrected chi connectivity index (χ0v) is 17.3. The summed E-state index contributed by atoms with van der Waals surface area (Å²) in [5, 5.41) is 10.3. The maximum atomic E-state index is 13.4. The Bertz CT molecular complexity index is 1020. The van der Waals surface area contributed by atoms with E-state index in [1.165, 1.54) is 12.1 Å². The van der Waals surface area contributed by atoms with Crippen molar-refractivity contribution in [1.82, 2.24) is 15.2 Å². The van der Waals surface area contributed by atoms with Crippen LogP contribution in [0.25, 0.3) is 0 Å². The lowest BCUT2D eigenvalue weighted by atomic mass is 9.82. The number of benzene rings is 1. The molecule has 1 aromatic heterocycles. The molecular weight excluding hydrogens is 446 g/mol. The normalized spacial score (nSPS) is 19.5. The minimum absolute atomic E-state index is 0.0305. The van der Waals surface area contributed by atoms with Gasteiger partial charge < -0.3 is 15.3 Å². The van der Waals surface area contributed by atoms with E-state index in [2.05, 4.69) is 10.3 Å². The molecule has 2 aliphatic rings. The topological polar surface area (TPSA) is 99.6 Å². The van der Waals surface area contributed by atoms with Crippen molar-refractivity contribution in [2.24, 2.45) is 0 Å². The van der Waals surface area contributed by atoms with Crippen LogP contribution in [0.2, 0.25) is 0 Å². The van der Waals surface area contributed by atoms with Gasteiger partial charge in [0.25, 0.3) is 5.91 Å². The molecule has 4 rings (SSSR count). The van der Waals surface area contributed by atoms with Crippen LogP contribution >= 0.6 is 0 Å². The number of aromatic nitrogens is 1. The molecule has 33 heavy (non-hydrogen) atoms. The molecule has 1 atom stereocenters. The van der Waals surface area contributed by atoms with Crippen LogP contribution in [0.1, 0.15) is 41.1 Å². The first-order valence-electron chi connectivity index (χ1n) is 10.1. The summed E-state index contributed by atoms with van der Waals surface area (Å²) in [6.45, 7) is 1.10. The zero-order valence-electron chi connectivity index (χ0n) is 17.3. The third-order valence-electron chi connectivity index (χ3n) is 5.71. The van der Waals surface area contributed by atoms with E-state index in [1.807, 2.05) is 12.1 Å². The number of nitrogens with zero attached hydrogens (tertiary/aromatic N) is 2. The number of nitrogens with one attached hydrogen (secondary N) is 1. The van der Waals surface area contributed by atoms with Crippen molar-refractivity contribution in [1.29, 1.82) is 0 Å². The summed E-state index contributed by atoms with van der Waals surface area (Å²) >= 11 is 0. The molecule has 7 nitrogen and oxygen atoms in total. The number of carboxylic acids is 1.